The van der Waals surface area contributed by atoms with E-state index in [0.717, 1.165) is 42.0 Å². The van der Waals surface area contributed by atoms with Crippen molar-refractivity contribution in [2.45, 2.75) is 31.6 Å². The highest BCUT2D eigenvalue weighted by Crippen LogP contribution is 2.50. The van der Waals surface area contributed by atoms with Crippen LogP contribution in [-0.4, -0.2) is 37.5 Å². The third kappa shape index (κ3) is 4.94. The molecule has 3 aliphatic rings. The van der Waals surface area contributed by atoms with Gasteiger partial charge in [-0.15, -0.1) is 0 Å². The molecule has 1 N–H and O–H groups in total. The first kappa shape index (κ1) is 27.7. The van der Waals surface area contributed by atoms with Crippen molar-refractivity contribution in [1.29, 1.82) is 0 Å². The lowest BCUT2D eigenvalue weighted by Crippen LogP contribution is -2.54. The van der Waals surface area contributed by atoms with Crippen molar-refractivity contribution in [3.63, 3.8) is 0 Å². The number of nitrogens with one attached hydrogen (secondary N) is 1. The Morgan fingerprint density at radius 1 is 0.795 bits per heavy atom. The zero-order valence-corrected chi connectivity index (χ0v) is 24.5. The number of rotatable bonds is 6. The van der Waals surface area contributed by atoms with Gasteiger partial charge in [-0.2, -0.15) is 0 Å². The summed E-state index contributed by atoms with van der Waals surface area (Å²) in [6.07, 6.45) is 3.38. The van der Waals surface area contributed by atoms with Crippen LogP contribution in [0.4, 0.5) is 16.2 Å². The number of ether oxygens (including phenoxy) is 1. The third-order valence-electron chi connectivity index (χ3n) is 8.86. The van der Waals surface area contributed by atoms with E-state index in [1.54, 1.807) is 24.3 Å². The average molecular weight is 584 g/mol. The Morgan fingerprint density at radius 2 is 1.36 bits per heavy atom. The van der Waals surface area contributed by atoms with E-state index in [2.05, 4.69) is 58.7 Å². The van der Waals surface area contributed by atoms with Gasteiger partial charge < -0.3 is 9.64 Å². The van der Waals surface area contributed by atoms with Gasteiger partial charge in [0.15, 0.2) is 0 Å². The number of nitrogens with zero attached hydrogens (tertiary/aromatic N) is 2. The van der Waals surface area contributed by atoms with E-state index in [4.69, 9.17) is 4.74 Å². The monoisotopic (exact) mass is 583 g/mol. The molecule has 4 aromatic carbocycles. The molecule has 7 rings (SSSR count). The normalized spacial score (nSPS) is 20.4. The van der Waals surface area contributed by atoms with Crippen LogP contribution in [0.1, 0.15) is 59.4 Å². The Labute approximate surface area is 256 Å². The molecule has 0 spiro atoms. The van der Waals surface area contributed by atoms with Gasteiger partial charge in [-0.1, -0.05) is 72.8 Å². The Kier molecular flexibility index (Phi) is 7.22. The molecule has 0 radical (unpaired) electrons. The topological polar surface area (TPSA) is 79.0 Å². The summed E-state index contributed by atoms with van der Waals surface area (Å²) in [4.78, 5) is 43.9. The summed E-state index contributed by atoms with van der Waals surface area (Å²) in [6.45, 7) is 4.32. The maximum atomic E-state index is 14.0. The molecule has 0 aliphatic carbocycles. The number of hydrogen-bond donors (Lipinski definition) is 1. The van der Waals surface area contributed by atoms with Crippen molar-refractivity contribution in [3.05, 3.63) is 130 Å². The van der Waals surface area contributed by atoms with Crippen molar-refractivity contribution in [1.82, 2.24) is 5.32 Å². The highest BCUT2D eigenvalue weighted by Gasteiger charge is 2.40. The van der Waals surface area contributed by atoms with E-state index < -0.39 is 17.8 Å². The molecule has 44 heavy (non-hydrogen) atoms. The molecule has 1 saturated heterocycles. The van der Waals surface area contributed by atoms with Gasteiger partial charge in [0.1, 0.15) is 11.3 Å². The van der Waals surface area contributed by atoms with Gasteiger partial charge in [0, 0.05) is 30.6 Å². The molecule has 0 aromatic heterocycles. The molecule has 0 unspecified atom stereocenters. The molecular formula is C37H33N3O4. The second kappa shape index (κ2) is 11.5. The number of hydrogen-bond acceptors (Lipinski definition) is 5. The molecule has 7 nitrogen and oxygen atoms in total. The van der Waals surface area contributed by atoms with Gasteiger partial charge in [-0.3, -0.25) is 14.9 Å². The zero-order valence-electron chi connectivity index (χ0n) is 24.5. The highest BCUT2D eigenvalue weighted by atomic mass is 16.5. The van der Waals surface area contributed by atoms with Crippen molar-refractivity contribution >= 4 is 35.3 Å². The van der Waals surface area contributed by atoms with Gasteiger partial charge >= 0.3 is 6.03 Å². The first-order chi connectivity index (χ1) is 21.5. The fourth-order valence-electron chi connectivity index (χ4n) is 6.85. The first-order valence-electron chi connectivity index (χ1n) is 15.2. The van der Waals surface area contributed by atoms with Crippen LogP contribution in [0.5, 0.6) is 5.75 Å². The molecule has 7 heteroatoms. The molecule has 220 valence electrons. The summed E-state index contributed by atoms with van der Waals surface area (Å²) in [6, 6.07) is 31.2. The van der Waals surface area contributed by atoms with Crippen LogP contribution in [0.3, 0.4) is 0 Å². The number of carbonyl (C=O) groups excluding carboxylic acids is 3. The Morgan fingerprint density at radius 3 is 1.91 bits per heavy atom. The first-order valence-corrected chi connectivity index (χ1v) is 15.2. The molecule has 4 amide bonds. The maximum absolute atomic E-state index is 14.0. The Bertz CT molecular complexity index is 1690. The van der Waals surface area contributed by atoms with Crippen LogP contribution >= 0.6 is 0 Å². The minimum atomic E-state index is -0.744. The quantitative estimate of drug-likeness (QED) is 0.204. The molecular weight excluding hydrogens is 550 g/mol. The number of imide groups is 2. The van der Waals surface area contributed by atoms with Gasteiger partial charge in [0.25, 0.3) is 11.8 Å². The molecule has 3 heterocycles. The zero-order chi connectivity index (χ0) is 30.2. The Balaban J connectivity index is 1.36. The maximum Gasteiger partial charge on any atom is 0.335 e. The van der Waals surface area contributed by atoms with Crippen LogP contribution < -0.4 is 19.9 Å². The van der Waals surface area contributed by atoms with E-state index in [1.807, 2.05) is 31.2 Å². The minimum absolute atomic E-state index is 0.0963. The van der Waals surface area contributed by atoms with E-state index in [9.17, 15) is 14.4 Å². The fraction of sp³-hybridized carbons (Fsp3) is 0.216. The summed E-state index contributed by atoms with van der Waals surface area (Å²) in [7, 11) is 0. The lowest BCUT2D eigenvalue weighted by molar-refractivity contribution is -0.122. The summed E-state index contributed by atoms with van der Waals surface area (Å²) in [5.74, 6) is -0.433. The minimum Gasteiger partial charge on any atom is -0.494 e. The fourth-order valence-corrected chi connectivity index (χ4v) is 6.85. The number of anilines is 2. The highest BCUT2D eigenvalue weighted by molar-refractivity contribution is 6.39. The number of urea groups is 1. The summed E-state index contributed by atoms with van der Waals surface area (Å²) in [5.41, 5.74) is 6.84. The lowest BCUT2D eigenvalue weighted by atomic mass is 9.76. The standard InChI is InChI=1S/C37H33N3O4/c1-2-44-28-15-13-24(14-16-28)21-33-35(41)38-37(43)40(36(33)42)27-22-31-29(25-9-5-3-6-10-25)17-19-39-20-18-30(32(23-27)34(31)39)26-11-7-4-8-12-26/h3-16,21-23,29-30H,2,17-20H2,1H3,(H,38,41,43)/b33-21+/t29-,30-/m0/s1. The second-order valence-corrected chi connectivity index (χ2v) is 11.4. The molecule has 0 saturated carbocycles. The van der Waals surface area contributed by atoms with E-state index in [-0.39, 0.29) is 17.4 Å². The van der Waals surface area contributed by atoms with Gasteiger partial charge in [-0.25, -0.2) is 9.69 Å². The van der Waals surface area contributed by atoms with Crippen LogP contribution in [0.2, 0.25) is 0 Å². The predicted molar refractivity (Wildman–Crippen MR) is 171 cm³/mol. The van der Waals surface area contributed by atoms with Crippen LogP contribution in [0.15, 0.2) is 103 Å². The van der Waals surface area contributed by atoms with E-state index >= 15 is 0 Å². The number of barbiturate groups is 1. The SMILES string of the molecule is CCOc1ccc(/C=C2\C(=O)NC(=O)N(c3cc4c5c(c3)[C@H](c3ccccc3)CCN5CC[C@H]4c3ccccc3)C2=O)cc1. The number of carbonyl (C=O) groups is 3. The third-order valence-corrected chi connectivity index (χ3v) is 8.86. The van der Waals surface area contributed by atoms with E-state index in [0.29, 0.717) is 23.6 Å². The van der Waals surface area contributed by atoms with Crippen molar-refractivity contribution in [2.24, 2.45) is 0 Å². The Hall–Kier alpha value is -5.17. The van der Waals surface area contributed by atoms with Gasteiger partial charge in [-0.05, 0) is 77.9 Å². The van der Waals surface area contributed by atoms with Crippen LogP contribution in [0.25, 0.3) is 6.08 Å². The number of amides is 4. The molecule has 3 aliphatic heterocycles. The van der Waals surface area contributed by atoms with Crippen molar-refractivity contribution < 1.29 is 19.1 Å². The molecule has 0 bridgehead atoms. The smallest absolute Gasteiger partial charge is 0.335 e. The predicted octanol–water partition coefficient (Wildman–Crippen LogP) is 6.63. The lowest BCUT2D eigenvalue weighted by Gasteiger charge is -2.44. The molecule has 1 fully saturated rings. The van der Waals surface area contributed by atoms with Crippen molar-refractivity contribution in [3.8, 4) is 5.75 Å². The van der Waals surface area contributed by atoms with E-state index in [1.165, 1.54) is 22.9 Å². The second-order valence-electron chi connectivity index (χ2n) is 11.4. The van der Waals surface area contributed by atoms with Gasteiger partial charge in [0.2, 0.25) is 0 Å². The largest absolute Gasteiger partial charge is 0.494 e. The van der Waals surface area contributed by atoms with Crippen LogP contribution in [0, 0.1) is 0 Å². The summed E-state index contributed by atoms with van der Waals surface area (Å²) < 4.78 is 5.52. The summed E-state index contributed by atoms with van der Waals surface area (Å²) in [5, 5.41) is 2.41. The summed E-state index contributed by atoms with van der Waals surface area (Å²) >= 11 is 0. The number of benzene rings is 4. The van der Waals surface area contributed by atoms with Crippen LogP contribution in [-0.2, 0) is 9.59 Å². The average Bonchev–Trinajstić information content (AvgIpc) is 3.05. The molecule has 4 aromatic rings. The van der Waals surface area contributed by atoms with Crippen molar-refractivity contribution in [2.75, 3.05) is 29.5 Å². The van der Waals surface area contributed by atoms with Gasteiger partial charge in [0.05, 0.1) is 12.3 Å². The molecule has 2 atom stereocenters.